The molecule has 1 fully saturated rings. The predicted octanol–water partition coefficient (Wildman–Crippen LogP) is 2.36. The van der Waals surface area contributed by atoms with E-state index in [-0.39, 0.29) is 24.0 Å². The van der Waals surface area contributed by atoms with Gasteiger partial charge in [-0.15, -0.1) is 0 Å². The summed E-state index contributed by atoms with van der Waals surface area (Å²) in [5, 5.41) is 0. The van der Waals surface area contributed by atoms with E-state index in [0.29, 0.717) is 19.2 Å². The number of halogens is 3. The maximum absolute atomic E-state index is 12.9. The number of piperazine rings is 1. The molecule has 1 aliphatic heterocycles. The number of quaternary nitrogens is 1. The predicted molar refractivity (Wildman–Crippen MR) is 95.8 cm³/mol. The van der Waals surface area contributed by atoms with Crippen LogP contribution in [0.25, 0.3) is 0 Å². The van der Waals surface area contributed by atoms with Crippen LogP contribution in [0.4, 0.5) is 13.2 Å². The van der Waals surface area contributed by atoms with E-state index in [0.717, 1.165) is 12.1 Å². The Kier molecular flexibility index (Phi) is 5.60. The highest BCUT2D eigenvalue weighted by atomic mass is 32.2. The maximum Gasteiger partial charge on any atom is 0.416 e. The van der Waals surface area contributed by atoms with Gasteiger partial charge in [-0.1, -0.05) is 36.4 Å². The van der Waals surface area contributed by atoms with Crippen molar-refractivity contribution in [2.75, 3.05) is 26.2 Å². The lowest BCUT2D eigenvalue weighted by Gasteiger charge is -2.35. The van der Waals surface area contributed by atoms with Crippen LogP contribution in [0.5, 0.6) is 0 Å². The largest absolute Gasteiger partial charge is 0.416 e. The molecule has 0 unspecified atom stereocenters. The highest BCUT2D eigenvalue weighted by molar-refractivity contribution is 7.89. The molecule has 3 rings (SSSR count). The third kappa shape index (κ3) is 4.34. The second-order valence-electron chi connectivity index (χ2n) is 6.72. The molecule has 2 aromatic carbocycles. The minimum absolute atomic E-state index is 0.226. The average molecular weight is 399 g/mol. The molecule has 8 heteroatoms. The molecule has 0 aromatic heterocycles. The summed E-state index contributed by atoms with van der Waals surface area (Å²) in [6.07, 6.45) is -4.57. The van der Waals surface area contributed by atoms with E-state index >= 15 is 0 Å². The van der Waals surface area contributed by atoms with E-state index in [4.69, 9.17) is 0 Å². The first-order valence-corrected chi connectivity index (χ1v) is 10.2. The first-order valence-electron chi connectivity index (χ1n) is 8.76. The Bertz CT molecular complexity index is 877. The minimum atomic E-state index is -4.57. The Morgan fingerprint density at radius 3 is 2.22 bits per heavy atom. The monoisotopic (exact) mass is 399 g/mol. The van der Waals surface area contributed by atoms with Crippen molar-refractivity contribution in [3.05, 3.63) is 65.7 Å². The second kappa shape index (κ2) is 7.61. The molecule has 2 aromatic rings. The lowest BCUT2D eigenvalue weighted by Crippen LogP contribution is -3.14. The lowest BCUT2D eigenvalue weighted by atomic mass is 10.1. The fourth-order valence-electron chi connectivity index (χ4n) is 3.41. The van der Waals surface area contributed by atoms with Crippen LogP contribution in [0, 0.1) is 0 Å². The molecular weight excluding hydrogens is 377 g/mol. The standard InChI is InChI=1S/C19H21F3N2O2S/c1-15(16-6-3-2-4-7-16)23-10-12-24(13-11-23)27(25,26)18-9-5-8-17(14-18)19(20,21)22/h2-9,14-15H,10-13H2,1H3/p+1/t15-/m0/s1. The van der Waals surface area contributed by atoms with Crippen LogP contribution in [0.15, 0.2) is 59.5 Å². The molecule has 1 heterocycles. The van der Waals surface area contributed by atoms with E-state index in [1.807, 2.05) is 30.3 Å². The van der Waals surface area contributed by atoms with Gasteiger partial charge in [-0.2, -0.15) is 17.5 Å². The molecule has 0 aliphatic carbocycles. The summed E-state index contributed by atoms with van der Waals surface area (Å²) in [5.41, 5.74) is 0.229. The SMILES string of the molecule is C[C@@H](c1ccccc1)[NH+]1CCN(S(=O)(=O)c2cccc(C(F)(F)F)c2)CC1. The smallest absolute Gasteiger partial charge is 0.327 e. The van der Waals surface area contributed by atoms with Crippen molar-refractivity contribution < 1.29 is 26.5 Å². The first kappa shape index (κ1) is 19.9. The summed E-state index contributed by atoms with van der Waals surface area (Å²) in [7, 11) is -3.94. The molecule has 1 saturated heterocycles. The Morgan fingerprint density at radius 1 is 1.00 bits per heavy atom. The normalized spacial score (nSPS) is 18.4. The number of nitrogens with one attached hydrogen (secondary N) is 1. The summed E-state index contributed by atoms with van der Waals surface area (Å²) in [6, 6.07) is 14.1. The van der Waals surface area contributed by atoms with Gasteiger partial charge >= 0.3 is 6.18 Å². The third-order valence-corrected chi connectivity index (χ3v) is 6.97. The van der Waals surface area contributed by atoms with E-state index in [2.05, 4.69) is 6.92 Å². The van der Waals surface area contributed by atoms with Gasteiger partial charge in [-0.25, -0.2) is 8.42 Å². The molecule has 146 valence electrons. The Balaban J connectivity index is 1.72. The summed E-state index contributed by atoms with van der Waals surface area (Å²) in [6.45, 7) is 3.88. The van der Waals surface area contributed by atoms with Gasteiger partial charge in [0.25, 0.3) is 0 Å². The number of rotatable bonds is 4. The van der Waals surface area contributed by atoms with Gasteiger partial charge in [0, 0.05) is 5.56 Å². The van der Waals surface area contributed by atoms with E-state index < -0.39 is 21.8 Å². The molecule has 0 spiro atoms. The van der Waals surface area contributed by atoms with Crippen LogP contribution in [0.2, 0.25) is 0 Å². The Hall–Kier alpha value is -1.90. The zero-order valence-corrected chi connectivity index (χ0v) is 15.7. The van der Waals surface area contributed by atoms with E-state index in [1.165, 1.54) is 20.8 Å². The van der Waals surface area contributed by atoms with Gasteiger partial charge in [0.05, 0.1) is 36.6 Å². The van der Waals surface area contributed by atoms with Gasteiger partial charge in [0.15, 0.2) is 0 Å². The summed E-state index contributed by atoms with van der Waals surface area (Å²) < 4.78 is 65.5. The van der Waals surface area contributed by atoms with Crippen molar-refractivity contribution in [1.29, 1.82) is 0 Å². The number of alkyl halides is 3. The molecular formula is C19H22F3N2O2S+. The first-order chi connectivity index (χ1) is 12.7. The topological polar surface area (TPSA) is 41.8 Å². The van der Waals surface area contributed by atoms with Crippen LogP contribution in [-0.2, 0) is 16.2 Å². The lowest BCUT2D eigenvalue weighted by molar-refractivity contribution is -0.933. The molecule has 0 saturated carbocycles. The third-order valence-electron chi connectivity index (χ3n) is 5.08. The number of hydrogen-bond donors (Lipinski definition) is 1. The highest BCUT2D eigenvalue weighted by Gasteiger charge is 2.35. The van der Waals surface area contributed by atoms with Crippen molar-refractivity contribution in [3.8, 4) is 0 Å². The fraction of sp³-hybridized carbons (Fsp3) is 0.368. The van der Waals surface area contributed by atoms with E-state index in [9.17, 15) is 21.6 Å². The summed E-state index contributed by atoms with van der Waals surface area (Å²) in [5.74, 6) is 0. The molecule has 0 amide bonds. The van der Waals surface area contributed by atoms with Gasteiger partial charge in [-0.3, -0.25) is 0 Å². The molecule has 27 heavy (non-hydrogen) atoms. The molecule has 1 N–H and O–H groups in total. The van der Waals surface area contributed by atoms with Gasteiger partial charge < -0.3 is 4.90 Å². The quantitative estimate of drug-likeness (QED) is 0.858. The van der Waals surface area contributed by atoms with Gasteiger partial charge in [0.1, 0.15) is 6.04 Å². The Morgan fingerprint density at radius 2 is 1.63 bits per heavy atom. The molecule has 0 bridgehead atoms. The molecule has 4 nitrogen and oxygen atoms in total. The highest BCUT2D eigenvalue weighted by Crippen LogP contribution is 2.31. The van der Waals surface area contributed by atoms with Crippen LogP contribution in [0.3, 0.4) is 0 Å². The zero-order valence-electron chi connectivity index (χ0n) is 14.9. The molecule has 1 atom stereocenters. The van der Waals surface area contributed by atoms with Crippen molar-refractivity contribution in [2.45, 2.75) is 24.0 Å². The number of hydrogen-bond acceptors (Lipinski definition) is 2. The zero-order chi connectivity index (χ0) is 19.7. The van der Waals surface area contributed by atoms with Crippen LogP contribution >= 0.6 is 0 Å². The van der Waals surface area contributed by atoms with Crippen LogP contribution in [-0.4, -0.2) is 38.9 Å². The number of sulfonamides is 1. The molecule has 0 radical (unpaired) electrons. The minimum Gasteiger partial charge on any atom is -0.327 e. The van der Waals surface area contributed by atoms with E-state index in [1.54, 1.807) is 0 Å². The average Bonchev–Trinajstić information content (AvgIpc) is 2.67. The summed E-state index contributed by atoms with van der Waals surface area (Å²) in [4.78, 5) is 0.952. The second-order valence-corrected chi connectivity index (χ2v) is 8.66. The fourth-order valence-corrected chi connectivity index (χ4v) is 4.89. The van der Waals surface area contributed by atoms with Gasteiger partial charge in [0.2, 0.25) is 10.0 Å². The van der Waals surface area contributed by atoms with Crippen LogP contribution in [0.1, 0.15) is 24.1 Å². The van der Waals surface area contributed by atoms with Crippen molar-refractivity contribution in [3.63, 3.8) is 0 Å². The van der Waals surface area contributed by atoms with Gasteiger partial charge in [-0.05, 0) is 25.1 Å². The summed E-state index contributed by atoms with van der Waals surface area (Å²) >= 11 is 0. The number of benzene rings is 2. The van der Waals surface area contributed by atoms with Crippen molar-refractivity contribution in [1.82, 2.24) is 4.31 Å². The Labute approximate surface area is 157 Å². The molecule has 1 aliphatic rings. The van der Waals surface area contributed by atoms with Crippen molar-refractivity contribution in [2.24, 2.45) is 0 Å². The number of nitrogens with zero attached hydrogens (tertiary/aromatic N) is 1. The van der Waals surface area contributed by atoms with Crippen LogP contribution < -0.4 is 4.90 Å². The van der Waals surface area contributed by atoms with Crippen molar-refractivity contribution >= 4 is 10.0 Å². The maximum atomic E-state index is 12.9.